The third-order valence-corrected chi connectivity index (χ3v) is 3.77. The van der Waals surface area contributed by atoms with Gasteiger partial charge < -0.3 is 14.8 Å². The van der Waals surface area contributed by atoms with Crippen molar-refractivity contribution in [1.82, 2.24) is 0 Å². The summed E-state index contributed by atoms with van der Waals surface area (Å²) in [7, 11) is 1.66. The SMILES string of the molecule is COC1(CNc2ccc([N+](=O)[O-])cc2C#N)CCOCC1. The lowest BCUT2D eigenvalue weighted by Crippen LogP contribution is -2.44. The van der Waals surface area contributed by atoms with Gasteiger partial charge in [0.25, 0.3) is 5.69 Å². The highest BCUT2D eigenvalue weighted by atomic mass is 16.6. The van der Waals surface area contributed by atoms with Crippen molar-refractivity contribution < 1.29 is 14.4 Å². The number of hydrogen-bond donors (Lipinski definition) is 1. The van der Waals surface area contributed by atoms with Crippen molar-refractivity contribution in [3.63, 3.8) is 0 Å². The van der Waals surface area contributed by atoms with E-state index in [-0.39, 0.29) is 16.9 Å². The van der Waals surface area contributed by atoms with E-state index < -0.39 is 4.92 Å². The number of methoxy groups -OCH3 is 1. The molecule has 1 aliphatic rings. The van der Waals surface area contributed by atoms with Gasteiger partial charge >= 0.3 is 0 Å². The number of anilines is 1. The number of benzene rings is 1. The Morgan fingerprint density at radius 2 is 2.24 bits per heavy atom. The number of nitro benzene ring substituents is 1. The molecule has 7 heteroatoms. The molecule has 1 saturated heterocycles. The molecule has 7 nitrogen and oxygen atoms in total. The van der Waals surface area contributed by atoms with E-state index in [9.17, 15) is 10.1 Å². The summed E-state index contributed by atoms with van der Waals surface area (Å²) < 4.78 is 10.9. The third kappa shape index (κ3) is 3.48. The van der Waals surface area contributed by atoms with Crippen molar-refractivity contribution in [1.29, 1.82) is 5.26 Å². The molecule has 0 aliphatic carbocycles. The number of non-ortho nitro benzene ring substituents is 1. The Bertz CT molecular complexity index is 562. The quantitative estimate of drug-likeness (QED) is 0.659. The fraction of sp³-hybridized carbons (Fsp3) is 0.500. The molecule has 1 heterocycles. The van der Waals surface area contributed by atoms with Crippen LogP contribution >= 0.6 is 0 Å². The van der Waals surface area contributed by atoms with Crippen molar-refractivity contribution in [2.75, 3.05) is 32.2 Å². The molecule has 112 valence electrons. The van der Waals surface area contributed by atoms with Crippen molar-refractivity contribution in [2.24, 2.45) is 0 Å². The van der Waals surface area contributed by atoms with Gasteiger partial charge in [-0.25, -0.2) is 0 Å². The number of ether oxygens (including phenoxy) is 2. The number of rotatable bonds is 5. The lowest BCUT2D eigenvalue weighted by atomic mass is 9.93. The maximum absolute atomic E-state index is 10.7. The smallest absolute Gasteiger partial charge is 0.270 e. The van der Waals surface area contributed by atoms with Crippen LogP contribution in [0.5, 0.6) is 0 Å². The molecular formula is C14H17N3O4. The molecule has 1 aliphatic heterocycles. The zero-order chi connectivity index (χ0) is 15.3. The predicted molar refractivity (Wildman–Crippen MR) is 76.1 cm³/mol. The van der Waals surface area contributed by atoms with E-state index in [1.165, 1.54) is 12.1 Å². The maximum Gasteiger partial charge on any atom is 0.270 e. The van der Waals surface area contributed by atoms with E-state index in [4.69, 9.17) is 14.7 Å². The number of nitrogens with zero attached hydrogens (tertiary/aromatic N) is 2. The topological polar surface area (TPSA) is 97.4 Å². The molecule has 0 bridgehead atoms. The molecule has 1 N–H and O–H groups in total. The summed E-state index contributed by atoms with van der Waals surface area (Å²) in [6.45, 7) is 1.81. The summed E-state index contributed by atoms with van der Waals surface area (Å²) in [6.07, 6.45) is 1.54. The van der Waals surface area contributed by atoms with Gasteiger partial charge in [0.1, 0.15) is 6.07 Å². The average molecular weight is 291 g/mol. The van der Waals surface area contributed by atoms with Crippen LogP contribution in [0.4, 0.5) is 11.4 Å². The van der Waals surface area contributed by atoms with Crippen molar-refractivity contribution in [3.05, 3.63) is 33.9 Å². The van der Waals surface area contributed by atoms with Gasteiger partial charge in [-0.2, -0.15) is 5.26 Å². The van der Waals surface area contributed by atoms with Gasteiger partial charge in [-0.05, 0) is 6.07 Å². The second-order valence-electron chi connectivity index (χ2n) is 4.95. The van der Waals surface area contributed by atoms with Crippen LogP contribution in [0.25, 0.3) is 0 Å². The second kappa shape index (κ2) is 6.52. The Balaban J connectivity index is 2.12. The predicted octanol–water partition coefficient (Wildman–Crippen LogP) is 2.07. The summed E-state index contributed by atoms with van der Waals surface area (Å²) in [4.78, 5) is 10.2. The molecule has 0 unspecified atom stereocenters. The van der Waals surface area contributed by atoms with Crippen molar-refractivity contribution in [3.8, 4) is 6.07 Å². The van der Waals surface area contributed by atoms with Crippen LogP contribution in [-0.2, 0) is 9.47 Å². The minimum atomic E-state index is -0.514. The zero-order valence-electron chi connectivity index (χ0n) is 11.8. The number of nitriles is 1. The van der Waals surface area contributed by atoms with Gasteiger partial charge in [-0.3, -0.25) is 10.1 Å². The zero-order valence-corrected chi connectivity index (χ0v) is 11.8. The third-order valence-electron chi connectivity index (χ3n) is 3.77. The molecule has 21 heavy (non-hydrogen) atoms. The van der Waals surface area contributed by atoms with Crippen molar-refractivity contribution in [2.45, 2.75) is 18.4 Å². The highest BCUT2D eigenvalue weighted by Gasteiger charge is 2.32. The average Bonchev–Trinajstić information content (AvgIpc) is 2.53. The van der Waals surface area contributed by atoms with Crippen LogP contribution in [0, 0.1) is 21.4 Å². The molecule has 0 spiro atoms. The Labute approximate surface area is 122 Å². The second-order valence-corrected chi connectivity index (χ2v) is 4.95. The van der Waals surface area contributed by atoms with E-state index >= 15 is 0 Å². The van der Waals surface area contributed by atoms with Gasteiger partial charge in [0, 0.05) is 51.8 Å². The molecule has 0 saturated carbocycles. The van der Waals surface area contributed by atoms with Crippen LogP contribution in [-0.4, -0.2) is 37.4 Å². The summed E-state index contributed by atoms with van der Waals surface area (Å²) in [6, 6.07) is 6.18. The molecule has 0 amide bonds. The maximum atomic E-state index is 10.7. The molecule has 1 aromatic carbocycles. The van der Waals surface area contributed by atoms with Crippen molar-refractivity contribution >= 4 is 11.4 Å². The van der Waals surface area contributed by atoms with E-state index in [0.29, 0.717) is 25.4 Å². The van der Waals surface area contributed by atoms with Gasteiger partial charge in [0.05, 0.1) is 21.8 Å². The monoisotopic (exact) mass is 291 g/mol. The van der Waals surface area contributed by atoms with Gasteiger partial charge in [-0.1, -0.05) is 0 Å². The molecular weight excluding hydrogens is 274 g/mol. The molecule has 0 radical (unpaired) electrons. The summed E-state index contributed by atoms with van der Waals surface area (Å²) in [5, 5.41) is 23.0. The first-order valence-corrected chi connectivity index (χ1v) is 6.65. The molecule has 2 rings (SSSR count). The van der Waals surface area contributed by atoms with E-state index in [1.54, 1.807) is 13.2 Å². The van der Waals surface area contributed by atoms with E-state index in [0.717, 1.165) is 12.8 Å². The summed E-state index contributed by atoms with van der Waals surface area (Å²) in [5.41, 5.74) is 0.408. The normalized spacial score (nSPS) is 17.0. The standard InChI is InChI=1S/C14H17N3O4/c1-20-14(4-6-21-7-5-14)10-16-13-3-2-12(17(18)19)8-11(13)9-15/h2-3,8,16H,4-7,10H2,1H3. The summed E-state index contributed by atoms with van der Waals surface area (Å²) >= 11 is 0. The minimum absolute atomic E-state index is 0.0929. The minimum Gasteiger partial charge on any atom is -0.381 e. The largest absolute Gasteiger partial charge is 0.381 e. The van der Waals surface area contributed by atoms with Crippen LogP contribution in [0.3, 0.4) is 0 Å². The van der Waals surface area contributed by atoms with Crippen LogP contribution in [0.1, 0.15) is 18.4 Å². The summed E-state index contributed by atoms with van der Waals surface area (Å²) in [5.74, 6) is 0. The Hall–Kier alpha value is -2.17. The van der Waals surface area contributed by atoms with Gasteiger partial charge in [0.2, 0.25) is 0 Å². The first kappa shape index (κ1) is 15.2. The van der Waals surface area contributed by atoms with Gasteiger partial charge in [0.15, 0.2) is 0 Å². The Morgan fingerprint density at radius 1 is 1.52 bits per heavy atom. The highest BCUT2D eigenvalue weighted by molar-refractivity contribution is 5.61. The van der Waals surface area contributed by atoms with Crippen LogP contribution in [0.2, 0.25) is 0 Å². The number of nitro groups is 1. The van der Waals surface area contributed by atoms with Gasteiger partial charge in [-0.15, -0.1) is 0 Å². The fourth-order valence-electron chi connectivity index (χ4n) is 2.35. The first-order chi connectivity index (χ1) is 10.1. The fourth-order valence-corrected chi connectivity index (χ4v) is 2.35. The number of nitrogens with one attached hydrogen (secondary N) is 1. The molecule has 0 atom stereocenters. The molecule has 0 aromatic heterocycles. The van der Waals surface area contributed by atoms with E-state index in [1.807, 2.05) is 6.07 Å². The van der Waals surface area contributed by atoms with Crippen LogP contribution < -0.4 is 5.32 Å². The number of hydrogen-bond acceptors (Lipinski definition) is 6. The van der Waals surface area contributed by atoms with Crippen LogP contribution in [0.15, 0.2) is 18.2 Å². The first-order valence-electron chi connectivity index (χ1n) is 6.65. The Morgan fingerprint density at radius 3 is 2.81 bits per heavy atom. The van der Waals surface area contributed by atoms with E-state index in [2.05, 4.69) is 5.32 Å². The molecule has 1 fully saturated rings. The Kier molecular flexibility index (Phi) is 4.73. The molecule has 1 aromatic rings. The highest BCUT2D eigenvalue weighted by Crippen LogP contribution is 2.27. The lowest BCUT2D eigenvalue weighted by Gasteiger charge is -2.36. The lowest BCUT2D eigenvalue weighted by molar-refractivity contribution is -0.384.